The first kappa shape index (κ1) is 22.5. The van der Waals surface area contributed by atoms with E-state index in [1.54, 1.807) is 0 Å². The van der Waals surface area contributed by atoms with Gasteiger partial charge in [-0.3, -0.25) is 19.2 Å². The molecule has 1 aliphatic rings. The van der Waals surface area contributed by atoms with Gasteiger partial charge < -0.3 is 34.2 Å². The highest BCUT2D eigenvalue weighted by Gasteiger charge is 2.57. The third-order valence-corrected chi connectivity index (χ3v) is 3.65. The van der Waals surface area contributed by atoms with E-state index in [-0.39, 0.29) is 0 Å². The van der Waals surface area contributed by atoms with E-state index in [1.165, 1.54) is 0 Å². The van der Waals surface area contributed by atoms with Gasteiger partial charge in [0.2, 0.25) is 5.91 Å². The zero-order valence-electron chi connectivity index (χ0n) is 15.4. The number of carbonyl (C=O) groups excluding carboxylic acids is 5. The van der Waals surface area contributed by atoms with Crippen LogP contribution in [0, 0.1) is 0 Å². The second-order valence-corrected chi connectivity index (χ2v) is 6.00. The Morgan fingerprint density at radius 1 is 1.04 bits per heavy atom. The Bertz CT molecular complexity index is 606. The van der Waals surface area contributed by atoms with Crippen LogP contribution in [0.2, 0.25) is 0 Å². The Labute approximate surface area is 155 Å². The van der Waals surface area contributed by atoms with Crippen LogP contribution >= 0.6 is 0 Å². The number of ether oxygens (including phenoxy) is 4. The molecule has 1 heterocycles. The predicted molar refractivity (Wildman–Crippen MR) is 85.8 cm³/mol. The summed E-state index contributed by atoms with van der Waals surface area (Å²) in [7, 11) is 0. The second kappa shape index (κ2) is 9.42. The fraction of sp³-hybridized carbons (Fsp3) is 0.688. The summed E-state index contributed by atoms with van der Waals surface area (Å²) in [5.41, 5.74) is 0. The lowest BCUT2D eigenvalue weighted by Crippen LogP contribution is -2.71. The maximum Gasteiger partial charge on any atom is 0.303 e. The summed E-state index contributed by atoms with van der Waals surface area (Å²) in [4.78, 5) is 56.8. The standard InChI is InChI=1S/C16H23NO10/c1-8(19)17-15-14(26-11(4)22)13(25-10(3)21)12(7-24-9(2)20)27-16(15,23)5-6-18/h6,12-15,23H,5,7H2,1-4H3,(H,17,19)/t12-,13+,14+,15-,16+/m1/s1. The Morgan fingerprint density at radius 2 is 1.59 bits per heavy atom. The summed E-state index contributed by atoms with van der Waals surface area (Å²) in [6.07, 6.45) is -4.26. The van der Waals surface area contributed by atoms with Gasteiger partial charge in [0.15, 0.2) is 18.0 Å². The van der Waals surface area contributed by atoms with E-state index in [4.69, 9.17) is 18.9 Å². The maximum atomic E-state index is 11.6. The van der Waals surface area contributed by atoms with Gasteiger partial charge in [-0.2, -0.15) is 0 Å². The van der Waals surface area contributed by atoms with E-state index >= 15 is 0 Å². The maximum absolute atomic E-state index is 11.6. The van der Waals surface area contributed by atoms with Crippen LogP contribution < -0.4 is 5.32 Å². The van der Waals surface area contributed by atoms with Gasteiger partial charge in [0.25, 0.3) is 0 Å². The Hall–Kier alpha value is -2.53. The van der Waals surface area contributed by atoms with Crippen LogP contribution in [0.15, 0.2) is 0 Å². The molecule has 152 valence electrons. The fourth-order valence-electron chi connectivity index (χ4n) is 2.76. The van der Waals surface area contributed by atoms with Crippen LogP contribution in [0.1, 0.15) is 34.1 Å². The lowest BCUT2D eigenvalue weighted by molar-refractivity contribution is -0.319. The van der Waals surface area contributed by atoms with E-state index < -0.39 is 67.0 Å². The molecule has 0 unspecified atom stereocenters. The molecule has 0 aromatic heterocycles. The molecule has 1 aliphatic heterocycles. The van der Waals surface area contributed by atoms with Crippen molar-refractivity contribution in [2.75, 3.05) is 6.61 Å². The number of esters is 3. The molecule has 1 saturated heterocycles. The van der Waals surface area contributed by atoms with Crippen LogP contribution in [0.4, 0.5) is 0 Å². The molecule has 0 aromatic carbocycles. The summed E-state index contributed by atoms with van der Waals surface area (Å²) < 4.78 is 20.6. The molecule has 0 saturated carbocycles. The lowest BCUT2D eigenvalue weighted by atomic mass is 9.88. The van der Waals surface area contributed by atoms with Crippen molar-refractivity contribution < 1.29 is 48.0 Å². The number of aldehydes is 1. The van der Waals surface area contributed by atoms with Crippen molar-refractivity contribution in [3.8, 4) is 0 Å². The predicted octanol–water partition coefficient (Wildman–Crippen LogP) is -1.41. The van der Waals surface area contributed by atoms with Crippen LogP contribution in [-0.4, -0.2) is 72.0 Å². The molecule has 1 rings (SSSR count). The molecule has 1 fully saturated rings. The quantitative estimate of drug-likeness (QED) is 0.301. The minimum Gasteiger partial charge on any atom is -0.463 e. The molecular weight excluding hydrogens is 366 g/mol. The first-order chi connectivity index (χ1) is 12.5. The van der Waals surface area contributed by atoms with Gasteiger partial charge in [0.1, 0.15) is 25.0 Å². The van der Waals surface area contributed by atoms with E-state index in [0.717, 1.165) is 27.7 Å². The monoisotopic (exact) mass is 389 g/mol. The summed E-state index contributed by atoms with van der Waals surface area (Å²) >= 11 is 0. The number of rotatable bonds is 7. The van der Waals surface area contributed by atoms with Gasteiger partial charge in [-0.1, -0.05) is 0 Å². The number of hydrogen-bond acceptors (Lipinski definition) is 10. The molecule has 2 N–H and O–H groups in total. The molecule has 27 heavy (non-hydrogen) atoms. The van der Waals surface area contributed by atoms with Crippen molar-refractivity contribution in [1.29, 1.82) is 0 Å². The highest BCUT2D eigenvalue weighted by molar-refractivity contribution is 5.74. The first-order valence-electron chi connectivity index (χ1n) is 8.09. The van der Waals surface area contributed by atoms with Crippen molar-refractivity contribution in [1.82, 2.24) is 5.32 Å². The van der Waals surface area contributed by atoms with Crippen LogP contribution in [0.25, 0.3) is 0 Å². The third-order valence-electron chi connectivity index (χ3n) is 3.65. The number of aliphatic hydroxyl groups is 1. The van der Waals surface area contributed by atoms with Crippen molar-refractivity contribution in [3.05, 3.63) is 0 Å². The molecule has 0 aliphatic carbocycles. The van der Waals surface area contributed by atoms with Gasteiger partial charge in [-0.05, 0) is 0 Å². The fourth-order valence-corrected chi connectivity index (χ4v) is 2.76. The van der Waals surface area contributed by atoms with Gasteiger partial charge in [-0.15, -0.1) is 0 Å². The molecule has 0 aromatic rings. The van der Waals surface area contributed by atoms with E-state index in [1.807, 2.05) is 0 Å². The summed E-state index contributed by atoms with van der Waals surface area (Å²) in [6, 6.07) is -1.43. The minimum absolute atomic E-state index is 0.342. The number of amides is 1. The zero-order chi connectivity index (χ0) is 20.8. The smallest absolute Gasteiger partial charge is 0.303 e. The highest BCUT2D eigenvalue weighted by atomic mass is 16.7. The average Bonchev–Trinajstić information content (AvgIpc) is 2.51. The SMILES string of the molecule is CC(=O)N[C@@H]1[C@@H](OC(C)=O)[C@@H](OC(C)=O)[C@@H](COC(C)=O)O[C@@]1(O)CC=O. The zero-order valence-corrected chi connectivity index (χ0v) is 15.4. The Kier molecular flexibility index (Phi) is 7.85. The van der Waals surface area contributed by atoms with Crippen LogP contribution in [-0.2, 0) is 42.9 Å². The van der Waals surface area contributed by atoms with Crippen molar-refractivity contribution in [2.24, 2.45) is 0 Å². The minimum atomic E-state index is -2.30. The van der Waals surface area contributed by atoms with Crippen molar-refractivity contribution in [2.45, 2.75) is 64.3 Å². The Morgan fingerprint density at radius 3 is 2.04 bits per heavy atom. The van der Waals surface area contributed by atoms with Crippen LogP contribution in [0.5, 0.6) is 0 Å². The molecule has 11 heteroatoms. The van der Waals surface area contributed by atoms with E-state index in [2.05, 4.69) is 5.32 Å². The number of nitrogens with one attached hydrogen (secondary N) is 1. The van der Waals surface area contributed by atoms with Crippen molar-refractivity contribution in [3.63, 3.8) is 0 Å². The molecule has 0 radical (unpaired) electrons. The first-order valence-corrected chi connectivity index (χ1v) is 8.09. The summed E-state index contributed by atoms with van der Waals surface area (Å²) in [5.74, 6) is -5.16. The molecule has 0 spiro atoms. The lowest BCUT2D eigenvalue weighted by Gasteiger charge is -2.49. The van der Waals surface area contributed by atoms with Gasteiger partial charge in [-0.25, -0.2) is 0 Å². The molecule has 5 atom stereocenters. The normalized spacial score (nSPS) is 30.0. The topological polar surface area (TPSA) is 155 Å². The van der Waals surface area contributed by atoms with E-state index in [0.29, 0.717) is 6.29 Å². The summed E-state index contributed by atoms with van der Waals surface area (Å²) in [5, 5.41) is 13.2. The van der Waals surface area contributed by atoms with E-state index in [9.17, 15) is 29.1 Å². The highest BCUT2D eigenvalue weighted by Crippen LogP contribution is 2.34. The van der Waals surface area contributed by atoms with Crippen LogP contribution in [0.3, 0.4) is 0 Å². The number of carbonyl (C=O) groups is 5. The molecule has 11 nitrogen and oxygen atoms in total. The van der Waals surface area contributed by atoms with Gasteiger partial charge in [0, 0.05) is 27.7 Å². The largest absolute Gasteiger partial charge is 0.463 e. The van der Waals surface area contributed by atoms with Crippen molar-refractivity contribution >= 4 is 30.1 Å². The molecule has 1 amide bonds. The summed E-state index contributed by atoms with van der Waals surface area (Å²) in [6.45, 7) is 3.97. The number of hydrogen-bond donors (Lipinski definition) is 2. The Balaban J connectivity index is 3.38. The second-order valence-electron chi connectivity index (χ2n) is 6.00. The molecule has 0 bridgehead atoms. The average molecular weight is 389 g/mol. The molecular formula is C16H23NO10. The third kappa shape index (κ3) is 6.29. The van der Waals surface area contributed by atoms with Gasteiger partial charge >= 0.3 is 17.9 Å². The van der Waals surface area contributed by atoms with Gasteiger partial charge in [0.05, 0.1) is 6.42 Å².